The molecule has 0 bridgehead atoms. The molecule has 2 heteroatoms. The summed E-state index contributed by atoms with van der Waals surface area (Å²) in [6.07, 6.45) is 9.62. The van der Waals surface area contributed by atoms with Crippen LogP contribution in [0.4, 0.5) is 0 Å². The average molecular weight is 287 g/mol. The summed E-state index contributed by atoms with van der Waals surface area (Å²) in [7, 11) is 1.79. The van der Waals surface area contributed by atoms with Gasteiger partial charge >= 0.3 is 0 Å². The van der Waals surface area contributed by atoms with E-state index in [0.29, 0.717) is 0 Å². The van der Waals surface area contributed by atoms with Crippen molar-refractivity contribution in [2.45, 2.75) is 57.9 Å². The van der Waals surface area contributed by atoms with Crippen LogP contribution in [0.2, 0.25) is 0 Å². The number of hydrogen-bond acceptors (Lipinski definition) is 2. The molecule has 0 amide bonds. The van der Waals surface area contributed by atoms with Gasteiger partial charge in [0.1, 0.15) is 5.75 Å². The Morgan fingerprint density at radius 2 is 1.95 bits per heavy atom. The van der Waals surface area contributed by atoms with Crippen LogP contribution in [-0.2, 0) is 6.42 Å². The Bertz CT molecular complexity index is 461. The first-order valence-electron chi connectivity index (χ1n) is 8.63. The maximum atomic E-state index is 5.58. The van der Waals surface area contributed by atoms with Crippen molar-refractivity contribution in [1.82, 2.24) is 5.32 Å². The molecule has 2 aliphatic rings. The van der Waals surface area contributed by atoms with Crippen LogP contribution >= 0.6 is 0 Å². The van der Waals surface area contributed by atoms with Gasteiger partial charge in [-0.1, -0.05) is 43.4 Å². The molecular weight excluding hydrogens is 258 g/mol. The van der Waals surface area contributed by atoms with E-state index in [-0.39, 0.29) is 0 Å². The van der Waals surface area contributed by atoms with Gasteiger partial charge in [0.25, 0.3) is 0 Å². The van der Waals surface area contributed by atoms with Crippen molar-refractivity contribution < 1.29 is 4.74 Å². The zero-order valence-electron chi connectivity index (χ0n) is 13.5. The molecule has 2 fully saturated rings. The minimum absolute atomic E-state index is 0.767. The summed E-state index contributed by atoms with van der Waals surface area (Å²) in [5.41, 5.74) is 2.73. The molecule has 1 aromatic carbocycles. The minimum atomic E-state index is 0.767. The summed E-state index contributed by atoms with van der Waals surface area (Å²) in [6, 6.07) is 7.41. The first-order chi connectivity index (χ1) is 10.3. The predicted octanol–water partition coefficient (Wildman–Crippen LogP) is 4.10. The maximum absolute atomic E-state index is 5.58. The molecule has 1 unspecified atom stereocenters. The van der Waals surface area contributed by atoms with Crippen LogP contribution in [0.5, 0.6) is 5.75 Å². The average Bonchev–Trinajstić information content (AvgIpc) is 3.15. The molecular formula is C19H29NO. The fraction of sp³-hybridized carbons (Fsp3) is 0.684. The van der Waals surface area contributed by atoms with Crippen LogP contribution in [0.25, 0.3) is 0 Å². The molecule has 3 rings (SSSR count). The van der Waals surface area contributed by atoms with Gasteiger partial charge in [0, 0.05) is 6.04 Å². The normalized spacial score (nSPS) is 20.7. The monoisotopic (exact) mass is 287 g/mol. The van der Waals surface area contributed by atoms with Gasteiger partial charge in [0.15, 0.2) is 0 Å². The highest BCUT2D eigenvalue weighted by molar-refractivity contribution is 5.37. The van der Waals surface area contributed by atoms with Crippen LogP contribution in [0.3, 0.4) is 0 Å². The number of benzene rings is 1. The second kappa shape index (κ2) is 6.83. The molecule has 0 heterocycles. The molecule has 1 N–H and O–H groups in total. The van der Waals surface area contributed by atoms with Gasteiger partial charge in [0.2, 0.25) is 0 Å². The van der Waals surface area contributed by atoms with Gasteiger partial charge in [-0.2, -0.15) is 0 Å². The highest BCUT2D eigenvalue weighted by Crippen LogP contribution is 2.35. The van der Waals surface area contributed by atoms with Crippen LogP contribution < -0.4 is 10.1 Å². The van der Waals surface area contributed by atoms with Gasteiger partial charge in [-0.3, -0.25) is 0 Å². The Hall–Kier alpha value is -1.02. The van der Waals surface area contributed by atoms with Crippen molar-refractivity contribution in [2.24, 2.45) is 11.8 Å². The summed E-state index contributed by atoms with van der Waals surface area (Å²) in [5.74, 6) is 2.74. The predicted molar refractivity (Wildman–Crippen MR) is 87.9 cm³/mol. The van der Waals surface area contributed by atoms with E-state index in [1.54, 1.807) is 7.11 Å². The number of aryl methyl sites for hydroxylation is 1. The number of hydrogen-bond donors (Lipinski definition) is 1. The molecule has 21 heavy (non-hydrogen) atoms. The van der Waals surface area contributed by atoms with Gasteiger partial charge < -0.3 is 10.1 Å². The Balaban J connectivity index is 1.70. The molecule has 0 aliphatic heterocycles. The molecule has 0 aromatic heterocycles. The van der Waals surface area contributed by atoms with E-state index >= 15 is 0 Å². The summed E-state index contributed by atoms with van der Waals surface area (Å²) in [6.45, 7) is 3.36. The number of ether oxygens (including phenoxy) is 1. The van der Waals surface area contributed by atoms with Crippen LogP contribution in [0.15, 0.2) is 18.2 Å². The Morgan fingerprint density at radius 1 is 1.19 bits per heavy atom. The van der Waals surface area contributed by atoms with Crippen molar-refractivity contribution >= 4 is 0 Å². The van der Waals surface area contributed by atoms with Gasteiger partial charge in [-0.15, -0.1) is 0 Å². The molecule has 0 radical (unpaired) electrons. The van der Waals surface area contributed by atoms with Gasteiger partial charge in [0.05, 0.1) is 7.11 Å². The lowest BCUT2D eigenvalue weighted by molar-refractivity contribution is 0.315. The van der Waals surface area contributed by atoms with Crippen molar-refractivity contribution in [3.05, 3.63) is 29.3 Å². The Kier molecular flexibility index (Phi) is 4.84. The lowest BCUT2D eigenvalue weighted by Crippen LogP contribution is -2.30. The van der Waals surface area contributed by atoms with Crippen LogP contribution in [0, 0.1) is 18.8 Å². The molecule has 2 nitrogen and oxygen atoms in total. The lowest BCUT2D eigenvalue weighted by Gasteiger charge is -2.25. The van der Waals surface area contributed by atoms with Gasteiger partial charge in [-0.05, 0) is 56.2 Å². The fourth-order valence-electron chi connectivity index (χ4n) is 3.79. The number of rotatable bonds is 7. The first-order valence-corrected chi connectivity index (χ1v) is 8.63. The topological polar surface area (TPSA) is 21.3 Å². The van der Waals surface area contributed by atoms with Crippen molar-refractivity contribution in [3.8, 4) is 5.75 Å². The highest BCUT2D eigenvalue weighted by atomic mass is 16.5. The van der Waals surface area contributed by atoms with E-state index in [9.17, 15) is 0 Å². The smallest absolute Gasteiger partial charge is 0.122 e. The molecule has 0 spiro atoms. The third-order valence-corrected chi connectivity index (χ3v) is 5.23. The van der Waals surface area contributed by atoms with Crippen LogP contribution in [0.1, 0.15) is 49.7 Å². The number of methoxy groups -OCH3 is 1. The largest absolute Gasteiger partial charge is 0.496 e. The summed E-state index contributed by atoms with van der Waals surface area (Å²) in [4.78, 5) is 0. The molecule has 2 aliphatic carbocycles. The zero-order chi connectivity index (χ0) is 14.7. The summed E-state index contributed by atoms with van der Waals surface area (Å²) in [5, 5.41) is 3.77. The lowest BCUT2D eigenvalue weighted by atomic mass is 9.85. The summed E-state index contributed by atoms with van der Waals surface area (Å²) >= 11 is 0. The van der Waals surface area contributed by atoms with Gasteiger partial charge in [-0.25, -0.2) is 0 Å². The standard InChI is InChI=1S/C19H29NO/c1-14-7-10-19(21-2)16(11-14)12-17(13-20-18-8-9-18)15-5-3-4-6-15/h7,10-11,15,17-18,20H,3-6,8-9,12-13H2,1-2H3. The molecule has 0 saturated heterocycles. The number of nitrogens with one attached hydrogen (secondary N) is 1. The van der Waals surface area contributed by atoms with E-state index in [0.717, 1.165) is 30.0 Å². The Morgan fingerprint density at radius 3 is 2.62 bits per heavy atom. The molecule has 1 atom stereocenters. The third-order valence-electron chi connectivity index (χ3n) is 5.23. The second-order valence-electron chi connectivity index (χ2n) is 7.01. The van der Waals surface area contributed by atoms with E-state index < -0.39 is 0 Å². The Labute approximate surface area is 129 Å². The molecule has 2 saturated carbocycles. The zero-order valence-corrected chi connectivity index (χ0v) is 13.5. The van der Waals surface area contributed by atoms with E-state index in [1.807, 2.05) is 0 Å². The van der Waals surface area contributed by atoms with Crippen LogP contribution in [-0.4, -0.2) is 19.7 Å². The summed E-state index contributed by atoms with van der Waals surface area (Å²) < 4.78 is 5.58. The molecule has 116 valence electrons. The first kappa shape index (κ1) is 14.9. The molecule has 1 aromatic rings. The highest BCUT2D eigenvalue weighted by Gasteiger charge is 2.28. The van der Waals surface area contributed by atoms with Crippen molar-refractivity contribution in [1.29, 1.82) is 0 Å². The minimum Gasteiger partial charge on any atom is -0.496 e. The maximum Gasteiger partial charge on any atom is 0.122 e. The quantitative estimate of drug-likeness (QED) is 0.815. The van der Waals surface area contributed by atoms with Crippen molar-refractivity contribution in [2.75, 3.05) is 13.7 Å². The third kappa shape index (κ3) is 4.00. The van der Waals surface area contributed by atoms with E-state index in [4.69, 9.17) is 4.74 Å². The second-order valence-corrected chi connectivity index (χ2v) is 7.01. The van der Waals surface area contributed by atoms with E-state index in [1.165, 1.54) is 56.2 Å². The van der Waals surface area contributed by atoms with Crippen molar-refractivity contribution in [3.63, 3.8) is 0 Å². The fourth-order valence-corrected chi connectivity index (χ4v) is 3.79. The SMILES string of the molecule is COc1ccc(C)cc1CC(CNC1CC1)C1CCCC1. The van der Waals surface area contributed by atoms with E-state index in [2.05, 4.69) is 30.4 Å².